The zero-order chi connectivity index (χ0) is 12.5. The molecule has 0 unspecified atom stereocenters. The van der Waals surface area contributed by atoms with Crippen LogP contribution in [-0.4, -0.2) is 33.4 Å². The maximum atomic E-state index is 5.71. The Morgan fingerprint density at radius 2 is 2.06 bits per heavy atom. The second kappa shape index (κ2) is 8.50. The van der Waals surface area contributed by atoms with E-state index in [9.17, 15) is 0 Å². The topological polar surface area (TPSA) is 30.5 Å². The number of rotatable bonds is 8. The number of ether oxygens (including phenoxy) is 2. The molecule has 0 amide bonds. The van der Waals surface area contributed by atoms with Crippen LogP contribution in [0.15, 0.2) is 22.7 Å². The van der Waals surface area contributed by atoms with Gasteiger partial charge < -0.3 is 14.8 Å². The van der Waals surface area contributed by atoms with Gasteiger partial charge in [0.1, 0.15) is 5.75 Å². The summed E-state index contributed by atoms with van der Waals surface area (Å²) in [5, 5.41) is 3.28. The highest BCUT2D eigenvalue weighted by molar-refractivity contribution is 9.10. The molecule has 0 atom stereocenters. The van der Waals surface area contributed by atoms with Crippen molar-refractivity contribution in [2.24, 2.45) is 0 Å². The summed E-state index contributed by atoms with van der Waals surface area (Å²) in [6.07, 6.45) is 0.999. The van der Waals surface area contributed by atoms with E-state index in [1.807, 2.05) is 12.1 Å². The van der Waals surface area contributed by atoms with Crippen LogP contribution < -0.4 is 10.1 Å². The van der Waals surface area contributed by atoms with Crippen LogP contribution in [0.25, 0.3) is 0 Å². The average Bonchev–Trinajstić information content (AvgIpc) is 2.30. The molecule has 1 N–H and O–H groups in total. The normalized spacial score (nSPS) is 10.5. The van der Waals surface area contributed by atoms with Crippen molar-refractivity contribution in [3.63, 3.8) is 0 Å². The first-order valence-electron chi connectivity index (χ1n) is 5.82. The maximum Gasteiger partial charge on any atom is 0.122 e. The highest BCUT2D eigenvalue weighted by Gasteiger charge is 1.99. The quantitative estimate of drug-likeness (QED) is 0.749. The average molecular weight is 302 g/mol. The summed E-state index contributed by atoms with van der Waals surface area (Å²) >= 11 is 3.44. The van der Waals surface area contributed by atoms with Crippen LogP contribution in [-0.2, 0) is 4.74 Å². The van der Waals surface area contributed by atoms with Gasteiger partial charge in [0.05, 0.1) is 13.2 Å². The zero-order valence-corrected chi connectivity index (χ0v) is 12.0. The molecule has 1 aromatic carbocycles. The highest BCUT2D eigenvalue weighted by Crippen LogP contribution is 2.22. The van der Waals surface area contributed by atoms with Gasteiger partial charge in [-0.3, -0.25) is 0 Å². The molecule has 0 fully saturated rings. The van der Waals surface area contributed by atoms with E-state index in [0.29, 0.717) is 0 Å². The van der Waals surface area contributed by atoms with E-state index in [4.69, 9.17) is 9.47 Å². The second-order valence-corrected chi connectivity index (χ2v) is 4.77. The third-order valence-electron chi connectivity index (χ3n) is 2.38. The van der Waals surface area contributed by atoms with Crippen LogP contribution in [0.2, 0.25) is 0 Å². The zero-order valence-electron chi connectivity index (χ0n) is 10.5. The number of methoxy groups -OCH3 is 1. The van der Waals surface area contributed by atoms with Crippen LogP contribution in [0.4, 0.5) is 0 Å². The van der Waals surface area contributed by atoms with Crippen LogP contribution >= 0.6 is 15.9 Å². The van der Waals surface area contributed by atoms with Crippen molar-refractivity contribution in [1.82, 2.24) is 5.32 Å². The van der Waals surface area contributed by atoms with Gasteiger partial charge in [-0.25, -0.2) is 0 Å². The lowest BCUT2D eigenvalue weighted by Gasteiger charge is -2.09. The molecule has 0 saturated heterocycles. The first-order valence-corrected chi connectivity index (χ1v) is 6.62. The Labute approximate surface area is 112 Å². The number of benzene rings is 1. The minimum atomic E-state index is 0.739. The van der Waals surface area contributed by atoms with E-state index in [1.54, 1.807) is 7.11 Å². The molecule has 0 heterocycles. The molecule has 0 bridgehead atoms. The standard InChI is InChI=1S/C13H20BrNO2/c1-11-10-12(14)4-5-13(11)17-8-3-6-15-7-9-16-2/h4-5,10,15H,3,6-9H2,1-2H3. The van der Waals surface area contributed by atoms with E-state index in [1.165, 1.54) is 0 Å². The van der Waals surface area contributed by atoms with E-state index < -0.39 is 0 Å². The van der Waals surface area contributed by atoms with Crippen LogP contribution in [0.1, 0.15) is 12.0 Å². The van der Waals surface area contributed by atoms with E-state index >= 15 is 0 Å². The Hall–Kier alpha value is -0.580. The number of nitrogens with one attached hydrogen (secondary N) is 1. The van der Waals surface area contributed by atoms with Crippen molar-refractivity contribution < 1.29 is 9.47 Å². The molecular weight excluding hydrogens is 282 g/mol. The molecule has 0 aromatic heterocycles. The molecule has 0 aliphatic heterocycles. The summed E-state index contributed by atoms with van der Waals surface area (Å²) in [5.41, 5.74) is 1.16. The summed E-state index contributed by atoms with van der Waals surface area (Å²) in [4.78, 5) is 0. The Kier molecular flexibility index (Phi) is 7.24. The minimum absolute atomic E-state index is 0.739. The highest BCUT2D eigenvalue weighted by atomic mass is 79.9. The Morgan fingerprint density at radius 1 is 1.24 bits per heavy atom. The van der Waals surface area contributed by atoms with Crippen molar-refractivity contribution in [3.05, 3.63) is 28.2 Å². The molecular formula is C13H20BrNO2. The molecule has 0 spiro atoms. The van der Waals surface area contributed by atoms with Gasteiger partial charge in [-0.05, 0) is 43.7 Å². The largest absolute Gasteiger partial charge is 0.493 e. The molecule has 17 heavy (non-hydrogen) atoms. The summed E-state index contributed by atoms with van der Waals surface area (Å²) < 4.78 is 11.7. The minimum Gasteiger partial charge on any atom is -0.493 e. The molecule has 0 radical (unpaired) electrons. The predicted octanol–water partition coefficient (Wildman–Crippen LogP) is 2.76. The molecule has 3 nitrogen and oxygen atoms in total. The van der Waals surface area contributed by atoms with E-state index in [0.717, 1.165) is 48.5 Å². The maximum absolute atomic E-state index is 5.71. The summed E-state index contributed by atoms with van der Waals surface area (Å²) in [5.74, 6) is 0.963. The van der Waals surface area contributed by atoms with Gasteiger partial charge in [0, 0.05) is 18.1 Å². The third-order valence-corrected chi connectivity index (χ3v) is 2.87. The molecule has 96 valence electrons. The third kappa shape index (κ3) is 6.05. The van der Waals surface area contributed by atoms with Gasteiger partial charge in [0.15, 0.2) is 0 Å². The summed E-state index contributed by atoms with van der Waals surface area (Å²) in [6.45, 7) is 5.40. The fourth-order valence-electron chi connectivity index (χ4n) is 1.45. The first-order chi connectivity index (χ1) is 8.24. The van der Waals surface area contributed by atoms with Crippen molar-refractivity contribution in [2.45, 2.75) is 13.3 Å². The fraction of sp³-hybridized carbons (Fsp3) is 0.538. The van der Waals surface area contributed by atoms with Crippen LogP contribution in [0.5, 0.6) is 5.75 Å². The molecule has 4 heteroatoms. The lowest BCUT2D eigenvalue weighted by molar-refractivity contribution is 0.198. The van der Waals surface area contributed by atoms with Crippen molar-refractivity contribution in [3.8, 4) is 5.75 Å². The van der Waals surface area contributed by atoms with E-state index in [-0.39, 0.29) is 0 Å². The van der Waals surface area contributed by atoms with Crippen molar-refractivity contribution in [2.75, 3.05) is 33.4 Å². The molecule has 0 aliphatic carbocycles. The number of aryl methyl sites for hydroxylation is 1. The Balaban J connectivity index is 2.14. The van der Waals surface area contributed by atoms with Crippen molar-refractivity contribution >= 4 is 15.9 Å². The number of halogens is 1. The lowest BCUT2D eigenvalue weighted by atomic mass is 10.2. The Bertz CT molecular complexity index is 331. The van der Waals surface area contributed by atoms with Gasteiger partial charge in [0.25, 0.3) is 0 Å². The van der Waals surface area contributed by atoms with Crippen LogP contribution in [0, 0.1) is 6.92 Å². The molecule has 1 rings (SSSR count). The summed E-state index contributed by atoms with van der Waals surface area (Å²) in [7, 11) is 1.71. The van der Waals surface area contributed by atoms with Gasteiger partial charge in [-0.15, -0.1) is 0 Å². The van der Waals surface area contributed by atoms with Gasteiger partial charge >= 0.3 is 0 Å². The van der Waals surface area contributed by atoms with Gasteiger partial charge in [0.2, 0.25) is 0 Å². The first kappa shape index (κ1) is 14.5. The fourth-order valence-corrected chi connectivity index (χ4v) is 1.93. The SMILES string of the molecule is COCCNCCCOc1ccc(Br)cc1C. The number of hydrogen-bond acceptors (Lipinski definition) is 3. The van der Waals surface area contributed by atoms with E-state index in [2.05, 4.69) is 34.2 Å². The second-order valence-electron chi connectivity index (χ2n) is 3.85. The van der Waals surface area contributed by atoms with Gasteiger partial charge in [-0.1, -0.05) is 15.9 Å². The molecule has 0 aliphatic rings. The monoisotopic (exact) mass is 301 g/mol. The van der Waals surface area contributed by atoms with Gasteiger partial charge in [-0.2, -0.15) is 0 Å². The molecule has 0 saturated carbocycles. The lowest BCUT2D eigenvalue weighted by Crippen LogP contribution is -2.21. The smallest absolute Gasteiger partial charge is 0.122 e. The summed E-state index contributed by atoms with van der Waals surface area (Å²) in [6, 6.07) is 6.06. The molecule has 1 aromatic rings. The van der Waals surface area contributed by atoms with Crippen LogP contribution in [0.3, 0.4) is 0 Å². The number of hydrogen-bond donors (Lipinski definition) is 1. The Morgan fingerprint density at radius 3 is 2.76 bits per heavy atom. The predicted molar refractivity (Wildman–Crippen MR) is 73.7 cm³/mol. The van der Waals surface area contributed by atoms with Crippen molar-refractivity contribution in [1.29, 1.82) is 0 Å².